The molecule has 0 bridgehead atoms. The van der Waals surface area contributed by atoms with E-state index in [4.69, 9.17) is 4.42 Å². The first-order valence-electron chi connectivity index (χ1n) is 6.08. The molecule has 2 aromatic heterocycles. The van der Waals surface area contributed by atoms with E-state index in [0.717, 1.165) is 21.8 Å². The molecule has 2 N–H and O–H groups in total. The molecule has 3 aromatic rings. The predicted molar refractivity (Wildman–Crippen MR) is 83.2 cm³/mol. The van der Waals surface area contributed by atoms with E-state index in [1.54, 1.807) is 0 Å². The molecule has 0 spiro atoms. The van der Waals surface area contributed by atoms with Crippen LogP contribution in [-0.4, -0.2) is 37.0 Å². The zero-order valence-electron chi connectivity index (χ0n) is 11.0. The highest BCUT2D eigenvalue weighted by Gasteiger charge is 2.11. The highest BCUT2D eigenvalue weighted by atomic mass is 79.9. The molecule has 0 aliphatic heterocycles. The van der Waals surface area contributed by atoms with Crippen LogP contribution in [0.3, 0.4) is 0 Å². The Hall–Kier alpha value is -2.20. The highest BCUT2D eigenvalue weighted by Crippen LogP contribution is 2.24. The van der Waals surface area contributed by atoms with Gasteiger partial charge in [0.1, 0.15) is 6.33 Å². The van der Waals surface area contributed by atoms with Crippen molar-refractivity contribution >= 4 is 39.5 Å². The molecule has 0 unspecified atom stereocenters. The first-order valence-corrected chi connectivity index (χ1v) is 7.86. The number of benzene rings is 1. The number of hydrogen-bond acceptors (Lipinski definition) is 7. The van der Waals surface area contributed by atoms with Gasteiger partial charge >= 0.3 is 0 Å². The molecule has 0 saturated carbocycles. The van der Waals surface area contributed by atoms with Gasteiger partial charge in [0.15, 0.2) is 0 Å². The number of halogens is 1. The monoisotopic (exact) mass is 380 g/mol. The maximum atomic E-state index is 11.7. The molecule has 1 aromatic carbocycles. The number of aromatic nitrogens is 5. The molecular weight excluding hydrogens is 372 g/mol. The number of amides is 1. The third-order valence-corrected chi connectivity index (χ3v) is 3.84. The van der Waals surface area contributed by atoms with Crippen LogP contribution in [0.2, 0.25) is 0 Å². The summed E-state index contributed by atoms with van der Waals surface area (Å²) in [7, 11) is 0. The van der Waals surface area contributed by atoms with Crippen LogP contribution in [0.25, 0.3) is 11.5 Å². The lowest BCUT2D eigenvalue weighted by atomic mass is 10.2. The molecule has 0 saturated heterocycles. The molecule has 0 radical (unpaired) electrons. The predicted octanol–water partition coefficient (Wildman–Crippen LogP) is 2.35. The second-order valence-corrected chi connectivity index (χ2v) is 5.89. The Morgan fingerprint density at radius 1 is 1.32 bits per heavy atom. The fraction of sp³-hybridized carbons (Fsp3) is 0.0833. The summed E-state index contributed by atoms with van der Waals surface area (Å²) >= 11 is 4.51. The molecule has 0 aliphatic rings. The number of nitrogens with zero attached hydrogens (tertiary/aromatic N) is 4. The number of carbonyl (C=O) groups excluding carboxylic acids is 1. The fourth-order valence-electron chi connectivity index (χ4n) is 1.54. The zero-order chi connectivity index (χ0) is 15.4. The van der Waals surface area contributed by atoms with Crippen LogP contribution in [-0.2, 0) is 4.79 Å². The van der Waals surface area contributed by atoms with Gasteiger partial charge < -0.3 is 4.42 Å². The van der Waals surface area contributed by atoms with Gasteiger partial charge in [-0.2, -0.15) is 10.1 Å². The Kier molecular flexibility index (Phi) is 4.49. The van der Waals surface area contributed by atoms with Crippen molar-refractivity contribution < 1.29 is 9.21 Å². The lowest BCUT2D eigenvalue weighted by molar-refractivity contribution is -0.113. The Balaban J connectivity index is 1.57. The van der Waals surface area contributed by atoms with Gasteiger partial charge in [-0.05, 0) is 24.3 Å². The highest BCUT2D eigenvalue weighted by molar-refractivity contribution is 9.10. The van der Waals surface area contributed by atoms with Crippen molar-refractivity contribution in [1.82, 2.24) is 25.4 Å². The molecule has 8 nitrogen and oxygen atoms in total. The Morgan fingerprint density at radius 3 is 2.86 bits per heavy atom. The van der Waals surface area contributed by atoms with Crippen molar-refractivity contribution in [3.05, 3.63) is 35.1 Å². The molecule has 0 fully saturated rings. The van der Waals surface area contributed by atoms with Gasteiger partial charge in [-0.1, -0.05) is 27.7 Å². The molecule has 3 rings (SSSR count). The van der Waals surface area contributed by atoms with Crippen LogP contribution in [0.4, 0.5) is 5.95 Å². The van der Waals surface area contributed by atoms with Gasteiger partial charge in [0.2, 0.25) is 17.7 Å². The number of rotatable bonds is 5. The second kappa shape index (κ2) is 6.71. The molecular formula is C12H9BrN6O2S. The number of carbonyl (C=O) groups is 1. The van der Waals surface area contributed by atoms with Crippen molar-refractivity contribution in [2.75, 3.05) is 11.1 Å². The van der Waals surface area contributed by atoms with Gasteiger partial charge in [-0.3, -0.25) is 10.1 Å². The Morgan fingerprint density at radius 2 is 2.14 bits per heavy atom. The minimum absolute atomic E-state index is 0.128. The molecule has 2 heterocycles. The number of aromatic amines is 1. The van der Waals surface area contributed by atoms with Crippen LogP contribution in [0, 0.1) is 0 Å². The minimum atomic E-state index is -0.245. The van der Waals surface area contributed by atoms with Gasteiger partial charge in [0.05, 0.1) is 5.75 Å². The summed E-state index contributed by atoms with van der Waals surface area (Å²) in [5, 5.41) is 16.9. The van der Waals surface area contributed by atoms with Crippen LogP contribution in [0.1, 0.15) is 0 Å². The van der Waals surface area contributed by atoms with E-state index in [-0.39, 0.29) is 11.7 Å². The Bertz CT molecular complexity index is 758. The van der Waals surface area contributed by atoms with E-state index in [1.807, 2.05) is 24.3 Å². The first kappa shape index (κ1) is 14.7. The molecule has 1 amide bonds. The van der Waals surface area contributed by atoms with Gasteiger partial charge in [-0.15, -0.1) is 10.2 Å². The summed E-state index contributed by atoms with van der Waals surface area (Å²) in [6.45, 7) is 0. The zero-order valence-corrected chi connectivity index (χ0v) is 13.4. The first-order chi connectivity index (χ1) is 10.7. The lowest BCUT2D eigenvalue weighted by Gasteiger charge is -1.98. The van der Waals surface area contributed by atoms with Gasteiger partial charge in [-0.25, -0.2) is 5.10 Å². The quantitative estimate of drug-likeness (QED) is 0.653. The van der Waals surface area contributed by atoms with E-state index >= 15 is 0 Å². The van der Waals surface area contributed by atoms with Crippen molar-refractivity contribution in [2.24, 2.45) is 0 Å². The SMILES string of the molecule is O=C(CSc1nnc(-c2ccc(Br)cc2)o1)Nc1ncn[nH]1. The maximum Gasteiger partial charge on any atom is 0.277 e. The summed E-state index contributed by atoms with van der Waals surface area (Å²) in [6.07, 6.45) is 1.31. The van der Waals surface area contributed by atoms with Crippen molar-refractivity contribution in [3.63, 3.8) is 0 Å². The topological polar surface area (TPSA) is 110 Å². The summed E-state index contributed by atoms with van der Waals surface area (Å²) in [5.74, 6) is 0.588. The normalized spacial score (nSPS) is 10.6. The van der Waals surface area contributed by atoms with Crippen molar-refractivity contribution in [3.8, 4) is 11.5 Å². The number of anilines is 1. The Labute approximate surface area is 137 Å². The van der Waals surface area contributed by atoms with Gasteiger partial charge in [0, 0.05) is 10.0 Å². The third kappa shape index (κ3) is 3.71. The molecule has 22 heavy (non-hydrogen) atoms. The summed E-state index contributed by atoms with van der Waals surface area (Å²) in [5.41, 5.74) is 0.814. The van der Waals surface area contributed by atoms with E-state index in [2.05, 4.69) is 46.6 Å². The molecule has 0 aliphatic carbocycles. The van der Waals surface area contributed by atoms with Crippen LogP contribution < -0.4 is 5.32 Å². The van der Waals surface area contributed by atoms with E-state index in [0.29, 0.717) is 17.1 Å². The van der Waals surface area contributed by atoms with E-state index < -0.39 is 0 Å². The van der Waals surface area contributed by atoms with E-state index in [1.165, 1.54) is 6.33 Å². The number of nitrogens with one attached hydrogen (secondary N) is 2. The molecule has 10 heteroatoms. The van der Waals surface area contributed by atoms with Crippen LogP contribution in [0.5, 0.6) is 0 Å². The summed E-state index contributed by atoms with van der Waals surface area (Å²) in [4.78, 5) is 15.5. The van der Waals surface area contributed by atoms with Crippen molar-refractivity contribution in [2.45, 2.75) is 5.22 Å². The molecule has 0 atom stereocenters. The minimum Gasteiger partial charge on any atom is -0.411 e. The fourth-order valence-corrected chi connectivity index (χ4v) is 2.37. The van der Waals surface area contributed by atoms with E-state index in [9.17, 15) is 4.79 Å². The smallest absolute Gasteiger partial charge is 0.277 e. The largest absolute Gasteiger partial charge is 0.411 e. The maximum absolute atomic E-state index is 11.7. The van der Waals surface area contributed by atoms with Gasteiger partial charge in [0.25, 0.3) is 5.22 Å². The average Bonchev–Trinajstić information content (AvgIpc) is 3.17. The van der Waals surface area contributed by atoms with Crippen LogP contribution in [0.15, 0.2) is 44.7 Å². The standard InChI is InChI=1S/C12H9BrN6O2S/c13-8-3-1-7(2-4-8)10-17-19-12(21-10)22-5-9(20)16-11-14-6-15-18-11/h1-4,6H,5H2,(H2,14,15,16,18,20). The molecule has 112 valence electrons. The number of thioether (sulfide) groups is 1. The summed E-state index contributed by atoms with van der Waals surface area (Å²) in [6, 6.07) is 7.50. The average molecular weight is 381 g/mol. The summed E-state index contributed by atoms with van der Waals surface area (Å²) < 4.78 is 6.47. The number of hydrogen-bond donors (Lipinski definition) is 2. The third-order valence-electron chi connectivity index (χ3n) is 2.50. The van der Waals surface area contributed by atoms with Crippen molar-refractivity contribution in [1.29, 1.82) is 0 Å². The lowest BCUT2D eigenvalue weighted by Crippen LogP contribution is -2.15. The van der Waals surface area contributed by atoms with Crippen LogP contribution >= 0.6 is 27.7 Å². The number of H-pyrrole nitrogens is 1. The second-order valence-electron chi connectivity index (χ2n) is 4.05.